The lowest BCUT2D eigenvalue weighted by atomic mass is 10.0. The van der Waals surface area contributed by atoms with Gasteiger partial charge in [-0.05, 0) is 47.2 Å². The molecule has 132 valence electrons. The molecule has 0 saturated heterocycles. The van der Waals surface area contributed by atoms with Crippen molar-refractivity contribution in [3.63, 3.8) is 0 Å². The smallest absolute Gasteiger partial charge is 0.233 e. The van der Waals surface area contributed by atoms with Crippen LogP contribution in [0.2, 0.25) is 0 Å². The van der Waals surface area contributed by atoms with E-state index in [1.807, 2.05) is 48.5 Å². The summed E-state index contributed by atoms with van der Waals surface area (Å²) in [6.07, 6.45) is -0.210. The van der Waals surface area contributed by atoms with Gasteiger partial charge in [-0.2, -0.15) is 0 Å². The second-order valence-corrected chi connectivity index (χ2v) is 6.83. The summed E-state index contributed by atoms with van der Waals surface area (Å²) in [4.78, 5) is 24.0. The molecule has 0 aromatic heterocycles. The first-order valence-corrected chi connectivity index (χ1v) is 8.64. The molecule has 0 unspecified atom stereocenters. The zero-order valence-electron chi connectivity index (χ0n) is 15.3. The third-order valence-corrected chi connectivity index (χ3v) is 4.04. The predicted molar refractivity (Wildman–Crippen MR) is 103 cm³/mol. The SMILES string of the molecule is CC(C)c1ccc(NC(=O)CC(=O)Nc2ccc(C(C)C)cc2)cc1. The third kappa shape index (κ3) is 5.75. The fourth-order valence-electron chi connectivity index (χ4n) is 2.46. The van der Waals surface area contributed by atoms with Crippen LogP contribution in [0.5, 0.6) is 0 Å². The van der Waals surface area contributed by atoms with Crippen LogP contribution < -0.4 is 10.6 Å². The molecular weight excluding hydrogens is 312 g/mol. The second-order valence-electron chi connectivity index (χ2n) is 6.83. The highest BCUT2D eigenvalue weighted by molar-refractivity contribution is 6.08. The summed E-state index contributed by atoms with van der Waals surface area (Å²) < 4.78 is 0. The van der Waals surface area contributed by atoms with Crippen LogP contribution in [-0.2, 0) is 9.59 Å². The largest absolute Gasteiger partial charge is 0.326 e. The number of benzene rings is 2. The maximum Gasteiger partial charge on any atom is 0.233 e. The zero-order chi connectivity index (χ0) is 18.4. The molecule has 0 aliphatic rings. The summed E-state index contributed by atoms with van der Waals surface area (Å²) in [5, 5.41) is 5.50. The number of rotatable bonds is 6. The van der Waals surface area contributed by atoms with Crippen molar-refractivity contribution in [3.05, 3.63) is 59.7 Å². The van der Waals surface area contributed by atoms with Gasteiger partial charge in [-0.3, -0.25) is 9.59 Å². The molecule has 0 bridgehead atoms. The van der Waals surface area contributed by atoms with Crippen molar-refractivity contribution in [2.75, 3.05) is 10.6 Å². The number of hydrogen-bond acceptors (Lipinski definition) is 2. The molecule has 0 atom stereocenters. The number of carbonyl (C=O) groups excluding carboxylic acids is 2. The first-order valence-electron chi connectivity index (χ1n) is 8.64. The lowest BCUT2D eigenvalue weighted by molar-refractivity contribution is -0.123. The first kappa shape index (κ1) is 18.7. The zero-order valence-corrected chi connectivity index (χ0v) is 15.3. The molecular formula is C21H26N2O2. The van der Waals surface area contributed by atoms with Gasteiger partial charge in [0, 0.05) is 11.4 Å². The maximum absolute atomic E-state index is 12.0. The fraction of sp³-hybridized carbons (Fsp3) is 0.333. The highest BCUT2D eigenvalue weighted by atomic mass is 16.2. The number of anilines is 2. The van der Waals surface area contributed by atoms with E-state index in [9.17, 15) is 9.59 Å². The van der Waals surface area contributed by atoms with E-state index in [1.165, 1.54) is 11.1 Å². The van der Waals surface area contributed by atoms with Gasteiger partial charge in [-0.15, -0.1) is 0 Å². The van der Waals surface area contributed by atoms with Crippen molar-refractivity contribution in [2.24, 2.45) is 0 Å². The van der Waals surface area contributed by atoms with Crippen LogP contribution >= 0.6 is 0 Å². The van der Waals surface area contributed by atoms with E-state index in [0.29, 0.717) is 23.2 Å². The molecule has 0 heterocycles. The summed E-state index contributed by atoms with van der Waals surface area (Å²) >= 11 is 0. The van der Waals surface area contributed by atoms with Gasteiger partial charge in [0.05, 0.1) is 0 Å². The van der Waals surface area contributed by atoms with Gasteiger partial charge < -0.3 is 10.6 Å². The predicted octanol–water partition coefficient (Wildman–Crippen LogP) is 4.90. The van der Waals surface area contributed by atoms with Crippen molar-refractivity contribution >= 4 is 23.2 Å². The number of hydrogen-bond donors (Lipinski definition) is 2. The minimum atomic E-state index is -0.325. The normalized spacial score (nSPS) is 10.8. The molecule has 0 aliphatic carbocycles. The Morgan fingerprint density at radius 3 is 1.28 bits per heavy atom. The molecule has 2 aromatic carbocycles. The lowest BCUT2D eigenvalue weighted by Gasteiger charge is -2.10. The van der Waals surface area contributed by atoms with Crippen molar-refractivity contribution in [1.82, 2.24) is 0 Å². The van der Waals surface area contributed by atoms with Crippen LogP contribution in [0.25, 0.3) is 0 Å². The van der Waals surface area contributed by atoms with Gasteiger partial charge in [0.15, 0.2) is 0 Å². The Bertz CT molecular complexity index is 653. The van der Waals surface area contributed by atoms with Crippen molar-refractivity contribution in [2.45, 2.75) is 46.0 Å². The summed E-state index contributed by atoms with van der Waals surface area (Å²) in [6, 6.07) is 15.4. The molecule has 0 radical (unpaired) electrons. The topological polar surface area (TPSA) is 58.2 Å². The third-order valence-electron chi connectivity index (χ3n) is 4.04. The summed E-state index contributed by atoms with van der Waals surface area (Å²) in [5.74, 6) is 0.234. The number of amides is 2. The number of nitrogens with one attached hydrogen (secondary N) is 2. The van der Waals surface area contributed by atoms with E-state index in [1.54, 1.807) is 0 Å². The Morgan fingerprint density at radius 2 is 1.00 bits per heavy atom. The summed E-state index contributed by atoms with van der Waals surface area (Å²) in [7, 11) is 0. The molecule has 2 amide bonds. The summed E-state index contributed by atoms with van der Waals surface area (Å²) in [5.41, 5.74) is 3.81. The Morgan fingerprint density at radius 1 is 0.680 bits per heavy atom. The molecule has 0 saturated carbocycles. The van der Waals surface area contributed by atoms with Crippen molar-refractivity contribution in [1.29, 1.82) is 0 Å². The van der Waals surface area contributed by atoms with Crippen LogP contribution in [0.15, 0.2) is 48.5 Å². The molecule has 0 spiro atoms. The monoisotopic (exact) mass is 338 g/mol. The van der Waals surface area contributed by atoms with Crippen LogP contribution in [-0.4, -0.2) is 11.8 Å². The summed E-state index contributed by atoms with van der Waals surface area (Å²) in [6.45, 7) is 8.47. The van der Waals surface area contributed by atoms with Crippen LogP contribution in [0.1, 0.15) is 57.1 Å². The van der Waals surface area contributed by atoms with Crippen LogP contribution in [0.3, 0.4) is 0 Å². The molecule has 4 heteroatoms. The van der Waals surface area contributed by atoms with Gasteiger partial charge in [-0.25, -0.2) is 0 Å². The first-order chi connectivity index (χ1) is 11.8. The average Bonchev–Trinajstić information content (AvgIpc) is 2.55. The van der Waals surface area contributed by atoms with E-state index in [-0.39, 0.29) is 18.2 Å². The minimum Gasteiger partial charge on any atom is -0.326 e. The van der Waals surface area contributed by atoms with Gasteiger partial charge in [-0.1, -0.05) is 52.0 Å². The Kier molecular flexibility index (Phi) is 6.34. The molecule has 4 nitrogen and oxygen atoms in total. The average molecular weight is 338 g/mol. The van der Waals surface area contributed by atoms with Crippen LogP contribution in [0.4, 0.5) is 11.4 Å². The fourth-order valence-corrected chi connectivity index (χ4v) is 2.46. The number of carbonyl (C=O) groups is 2. The molecule has 2 aromatic rings. The van der Waals surface area contributed by atoms with E-state index in [2.05, 4.69) is 38.3 Å². The standard InChI is InChI=1S/C21H26N2O2/c1-14(2)16-5-9-18(10-6-16)22-20(24)13-21(25)23-19-11-7-17(8-12-19)15(3)4/h5-12,14-15H,13H2,1-4H3,(H,22,24)(H,23,25). The molecule has 0 fully saturated rings. The lowest BCUT2D eigenvalue weighted by Crippen LogP contribution is -2.21. The van der Waals surface area contributed by atoms with Gasteiger partial charge >= 0.3 is 0 Å². The highest BCUT2D eigenvalue weighted by Gasteiger charge is 2.10. The van der Waals surface area contributed by atoms with Crippen LogP contribution in [0, 0.1) is 0 Å². The Labute approximate surface area is 149 Å². The quantitative estimate of drug-likeness (QED) is 0.736. The molecule has 25 heavy (non-hydrogen) atoms. The molecule has 0 aliphatic heterocycles. The van der Waals surface area contributed by atoms with Gasteiger partial charge in [0.1, 0.15) is 6.42 Å². The van der Waals surface area contributed by atoms with Crippen molar-refractivity contribution < 1.29 is 9.59 Å². The van der Waals surface area contributed by atoms with Crippen molar-refractivity contribution in [3.8, 4) is 0 Å². The van der Waals surface area contributed by atoms with E-state index in [0.717, 1.165) is 0 Å². The Balaban J connectivity index is 1.86. The molecule has 2 rings (SSSR count). The Hall–Kier alpha value is -2.62. The highest BCUT2D eigenvalue weighted by Crippen LogP contribution is 2.18. The van der Waals surface area contributed by atoms with Gasteiger partial charge in [0.25, 0.3) is 0 Å². The molecule has 2 N–H and O–H groups in total. The maximum atomic E-state index is 12.0. The van der Waals surface area contributed by atoms with E-state index in [4.69, 9.17) is 0 Å². The second kappa shape index (κ2) is 8.47. The van der Waals surface area contributed by atoms with Gasteiger partial charge in [0.2, 0.25) is 11.8 Å². The minimum absolute atomic E-state index is 0.210. The van der Waals surface area contributed by atoms with E-state index >= 15 is 0 Å². The van der Waals surface area contributed by atoms with E-state index < -0.39 is 0 Å².